The van der Waals surface area contributed by atoms with E-state index in [2.05, 4.69) is 21.8 Å². The third-order valence-electron chi connectivity index (χ3n) is 2.93. The highest BCUT2D eigenvalue weighted by Crippen LogP contribution is 2.20. The molecule has 5 nitrogen and oxygen atoms in total. The summed E-state index contributed by atoms with van der Waals surface area (Å²) in [5.74, 6) is 0.240. The van der Waals surface area contributed by atoms with Crippen molar-refractivity contribution in [2.45, 2.75) is 0 Å². The molecule has 2 heterocycles. The molecule has 0 saturated carbocycles. The predicted molar refractivity (Wildman–Crippen MR) is 67.5 cm³/mol. The number of carbonyl (C=O) groups excluding carboxylic acids is 1. The molecule has 0 atom stereocenters. The van der Waals surface area contributed by atoms with E-state index in [1.54, 1.807) is 6.07 Å². The molecule has 0 bridgehead atoms. The van der Waals surface area contributed by atoms with Gasteiger partial charge in [-0.05, 0) is 13.1 Å². The number of nitrogens with two attached hydrogens (primary N) is 1. The van der Waals surface area contributed by atoms with E-state index >= 15 is 0 Å². The van der Waals surface area contributed by atoms with Gasteiger partial charge < -0.3 is 15.5 Å². The summed E-state index contributed by atoms with van der Waals surface area (Å²) in [6, 6.07) is 1.66. The topological polar surface area (TPSA) is 62.5 Å². The Bertz CT molecular complexity index is 429. The quantitative estimate of drug-likeness (QED) is 0.839. The first kappa shape index (κ1) is 12.1. The number of halogens is 1. The Balaban J connectivity index is 2.21. The first-order valence-corrected chi connectivity index (χ1v) is 5.84. The summed E-state index contributed by atoms with van der Waals surface area (Å²) < 4.78 is 0. The van der Waals surface area contributed by atoms with Crippen molar-refractivity contribution in [2.75, 3.05) is 38.1 Å². The number of likely N-dealkylation sites (N-methyl/N-ethyl adjacent to an activating group) is 1. The average molecular weight is 255 g/mol. The molecule has 0 radical (unpaired) electrons. The number of piperazine rings is 1. The lowest BCUT2D eigenvalue weighted by molar-refractivity contribution is 0.100. The summed E-state index contributed by atoms with van der Waals surface area (Å²) in [5.41, 5.74) is 5.59. The summed E-state index contributed by atoms with van der Waals surface area (Å²) >= 11 is 5.86. The van der Waals surface area contributed by atoms with Crippen LogP contribution in [0.4, 0.5) is 5.82 Å². The second-order valence-corrected chi connectivity index (χ2v) is 4.58. The number of nitrogens with zero attached hydrogens (tertiary/aromatic N) is 3. The average Bonchev–Trinajstić information content (AvgIpc) is 2.30. The van der Waals surface area contributed by atoms with Crippen molar-refractivity contribution in [3.8, 4) is 0 Å². The number of primary amides is 1. The highest BCUT2D eigenvalue weighted by atomic mass is 35.5. The van der Waals surface area contributed by atoms with E-state index in [9.17, 15) is 4.79 Å². The van der Waals surface area contributed by atoms with Crippen LogP contribution >= 0.6 is 11.6 Å². The normalized spacial score (nSPS) is 17.2. The van der Waals surface area contributed by atoms with Gasteiger partial charge in [-0.15, -0.1) is 0 Å². The third-order valence-corrected chi connectivity index (χ3v) is 3.23. The molecule has 1 aliphatic heterocycles. The first-order chi connectivity index (χ1) is 8.08. The van der Waals surface area contributed by atoms with Gasteiger partial charge in [-0.1, -0.05) is 11.6 Å². The summed E-state index contributed by atoms with van der Waals surface area (Å²) in [4.78, 5) is 19.8. The SMILES string of the molecule is CN1CCN(c2cc(C(N)=O)c(Cl)cn2)CC1. The van der Waals surface area contributed by atoms with Gasteiger partial charge in [0.1, 0.15) is 5.82 Å². The van der Waals surface area contributed by atoms with Crippen LogP contribution in [0.3, 0.4) is 0 Å². The number of aromatic nitrogens is 1. The van der Waals surface area contributed by atoms with E-state index in [0.29, 0.717) is 10.6 Å². The number of rotatable bonds is 2. The Morgan fingerprint density at radius 3 is 2.65 bits per heavy atom. The van der Waals surface area contributed by atoms with E-state index < -0.39 is 5.91 Å². The number of hydrogen-bond acceptors (Lipinski definition) is 4. The second-order valence-electron chi connectivity index (χ2n) is 4.18. The highest BCUT2D eigenvalue weighted by Gasteiger charge is 2.17. The Labute approximate surface area is 105 Å². The van der Waals surface area contributed by atoms with Crippen LogP contribution in [0, 0.1) is 0 Å². The van der Waals surface area contributed by atoms with E-state index in [1.165, 1.54) is 6.20 Å². The number of pyridine rings is 1. The maximum Gasteiger partial charge on any atom is 0.250 e. The van der Waals surface area contributed by atoms with Crippen LogP contribution in [-0.4, -0.2) is 49.0 Å². The zero-order chi connectivity index (χ0) is 12.4. The molecule has 1 aromatic rings. The lowest BCUT2D eigenvalue weighted by Gasteiger charge is -2.33. The standard InChI is InChI=1S/C11H15ClN4O/c1-15-2-4-16(5-3-15)10-6-8(11(13)17)9(12)7-14-10/h6-7H,2-5H2,1H3,(H2,13,17). The summed E-state index contributed by atoms with van der Waals surface area (Å²) in [5, 5.41) is 0.301. The molecule has 1 saturated heterocycles. The maximum absolute atomic E-state index is 11.2. The minimum absolute atomic E-state index is 0.301. The van der Waals surface area contributed by atoms with Crippen molar-refractivity contribution >= 4 is 23.3 Å². The van der Waals surface area contributed by atoms with Gasteiger partial charge in [0.15, 0.2) is 0 Å². The van der Waals surface area contributed by atoms with Gasteiger partial charge >= 0.3 is 0 Å². The van der Waals surface area contributed by atoms with Gasteiger partial charge in [0, 0.05) is 32.4 Å². The molecule has 0 aliphatic carbocycles. The van der Waals surface area contributed by atoms with Crippen LogP contribution < -0.4 is 10.6 Å². The number of hydrogen-bond donors (Lipinski definition) is 1. The van der Waals surface area contributed by atoms with Crippen molar-refractivity contribution in [2.24, 2.45) is 5.73 Å². The lowest BCUT2D eigenvalue weighted by Crippen LogP contribution is -2.44. The third kappa shape index (κ3) is 2.68. The Morgan fingerprint density at radius 2 is 2.06 bits per heavy atom. The van der Waals surface area contributed by atoms with Gasteiger partial charge in [0.05, 0.1) is 10.6 Å². The Kier molecular flexibility index (Phi) is 3.49. The van der Waals surface area contributed by atoms with Crippen LogP contribution in [-0.2, 0) is 0 Å². The summed E-state index contributed by atoms with van der Waals surface area (Å²) in [6.45, 7) is 3.75. The molecule has 2 N–H and O–H groups in total. The molecule has 1 fully saturated rings. The largest absolute Gasteiger partial charge is 0.366 e. The molecule has 6 heteroatoms. The number of amides is 1. The molecule has 1 aliphatic rings. The fourth-order valence-electron chi connectivity index (χ4n) is 1.82. The van der Waals surface area contributed by atoms with E-state index in [1.807, 2.05) is 0 Å². The first-order valence-electron chi connectivity index (χ1n) is 5.47. The molecule has 1 aromatic heterocycles. The number of carbonyl (C=O) groups is 1. The predicted octanol–water partition coefficient (Wildman–Crippen LogP) is 0.586. The minimum atomic E-state index is -0.521. The molecular formula is C11H15ClN4O. The van der Waals surface area contributed by atoms with Crippen molar-refractivity contribution in [3.63, 3.8) is 0 Å². The molecule has 92 valence electrons. The highest BCUT2D eigenvalue weighted by molar-refractivity contribution is 6.33. The van der Waals surface area contributed by atoms with Crippen LogP contribution in [0.1, 0.15) is 10.4 Å². The van der Waals surface area contributed by atoms with Crippen LogP contribution in [0.25, 0.3) is 0 Å². The second kappa shape index (κ2) is 4.89. The summed E-state index contributed by atoms with van der Waals surface area (Å²) in [6.07, 6.45) is 1.48. The molecule has 1 amide bonds. The van der Waals surface area contributed by atoms with Crippen LogP contribution in [0.5, 0.6) is 0 Å². The van der Waals surface area contributed by atoms with Crippen molar-refractivity contribution in [1.29, 1.82) is 0 Å². The Hall–Kier alpha value is -1.33. The Morgan fingerprint density at radius 1 is 1.41 bits per heavy atom. The minimum Gasteiger partial charge on any atom is -0.366 e. The molecule has 17 heavy (non-hydrogen) atoms. The maximum atomic E-state index is 11.2. The van der Waals surface area contributed by atoms with Crippen molar-refractivity contribution in [3.05, 3.63) is 22.8 Å². The van der Waals surface area contributed by atoms with Gasteiger partial charge in [0.2, 0.25) is 5.91 Å². The number of anilines is 1. The molecule has 0 spiro atoms. The van der Waals surface area contributed by atoms with Gasteiger partial charge in [-0.2, -0.15) is 0 Å². The molecular weight excluding hydrogens is 240 g/mol. The van der Waals surface area contributed by atoms with Crippen LogP contribution in [0.15, 0.2) is 12.3 Å². The van der Waals surface area contributed by atoms with Gasteiger partial charge in [-0.25, -0.2) is 4.98 Å². The molecule has 0 unspecified atom stereocenters. The monoisotopic (exact) mass is 254 g/mol. The summed E-state index contributed by atoms with van der Waals surface area (Å²) in [7, 11) is 2.08. The van der Waals surface area contributed by atoms with Gasteiger partial charge in [0.25, 0.3) is 0 Å². The van der Waals surface area contributed by atoms with E-state index in [-0.39, 0.29) is 0 Å². The van der Waals surface area contributed by atoms with E-state index in [0.717, 1.165) is 32.0 Å². The fraction of sp³-hybridized carbons (Fsp3) is 0.455. The van der Waals surface area contributed by atoms with Crippen LogP contribution in [0.2, 0.25) is 5.02 Å². The van der Waals surface area contributed by atoms with Crippen molar-refractivity contribution < 1.29 is 4.79 Å². The van der Waals surface area contributed by atoms with E-state index in [4.69, 9.17) is 17.3 Å². The van der Waals surface area contributed by atoms with Crippen molar-refractivity contribution in [1.82, 2.24) is 9.88 Å². The zero-order valence-electron chi connectivity index (χ0n) is 9.69. The zero-order valence-corrected chi connectivity index (χ0v) is 10.4. The fourth-order valence-corrected chi connectivity index (χ4v) is 2.02. The molecule has 0 aromatic carbocycles. The van der Waals surface area contributed by atoms with Gasteiger partial charge in [-0.3, -0.25) is 4.79 Å². The smallest absolute Gasteiger partial charge is 0.250 e. The molecule has 2 rings (SSSR count). The lowest BCUT2D eigenvalue weighted by atomic mass is 10.2.